The number of hydrogen-bond donors (Lipinski definition) is 0. The van der Waals surface area contributed by atoms with Crippen molar-refractivity contribution in [2.75, 3.05) is 26.3 Å². The monoisotopic (exact) mass is 375 g/mol. The van der Waals surface area contributed by atoms with Gasteiger partial charge in [-0.05, 0) is 23.8 Å². The Hall–Kier alpha value is -1.64. The van der Waals surface area contributed by atoms with E-state index >= 15 is 0 Å². The fourth-order valence-electron chi connectivity index (χ4n) is 3.52. The molecule has 0 amide bonds. The van der Waals surface area contributed by atoms with Crippen molar-refractivity contribution < 1.29 is 4.74 Å². The molecule has 25 heavy (non-hydrogen) atoms. The van der Waals surface area contributed by atoms with Crippen molar-refractivity contribution in [3.63, 3.8) is 0 Å². The maximum atomic E-state index is 10.3. The second-order valence-electron chi connectivity index (χ2n) is 6.11. The summed E-state index contributed by atoms with van der Waals surface area (Å²) in [7, 11) is 0. The summed E-state index contributed by atoms with van der Waals surface area (Å²) >= 11 is 12.5. The highest BCUT2D eigenvalue weighted by atomic mass is 35.5. The third-order valence-electron chi connectivity index (χ3n) is 4.84. The van der Waals surface area contributed by atoms with E-state index in [1.54, 1.807) is 18.5 Å². The number of halogens is 2. The fraction of sp³-hybridized carbons (Fsp3) is 0.368. The van der Waals surface area contributed by atoms with Crippen LogP contribution in [0.5, 0.6) is 0 Å². The van der Waals surface area contributed by atoms with Crippen molar-refractivity contribution >= 4 is 23.2 Å². The maximum Gasteiger partial charge on any atom is 0.143 e. The molecule has 1 saturated heterocycles. The summed E-state index contributed by atoms with van der Waals surface area (Å²) in [5.41, 5.74) is 0.871. The standard InChI is InChI=1S/C19H19Cl2N3O/c1-14(17-5-4-16(20)11-18(17)21)19(13-22,15-3-2-6-23-12-15)24-7-9-25-10-8-24/h2-6,11-12,14H,7-10H2,1H3. The van der Waals surface area contributed by atoms with Crippen LogP contribution in [0.4, 0.5) is 0 Å². The molecule has 2 unspecified atom stereocenters. The number of rotatable bonds is 4. The molecule has 0 N–H and O–H groups in total. The van der Waals surface area contributed by atoms with E-state index in [1.807, 2.05) is 31.2 Å². The second-order valence-corrected chi connectivity index (χ2v) is 6.95. The van der Waals surface area contributed by atoms with Crippen LogP contribution in [0.15, 0.2) is 42.7 Å². The lowest BCUT2D eigenvalue weighted by atomic mass is 9.75. The van der Waals surface area contributed by atoms with Gasteiger partial charge in [0.15, 0.2) is 0 Å². The van der Waals surface area contributed by atoms with Crippen LogP contribution in [0, 0.1) is 11.3 Å². The minimum atomic E-state index is -0.879. The van der Waals surface area contributed by atoms with E-state index in [2.05, 4.69) is 16.0 Å². The maximum absolute atomic E-state index is 10.3. The molecule has 1 aliphatic heterocycles. The molecule has 4 nitrogen and oxygen atoms in total. The number of nitrogens with zero attached hydrogens (tertiary/aromatic N) is 3. The van der Waals surface area contributed by atoms with Gasteiger partial charge in [0.1, 0.15) is 5.54 Å². The molecule has 1 aliphatic rings. The summed E-state index contributed by atoms with van der Waals surface area (Å²) in [6, 6.07) is 11.8. The van der Waals surface area contributed by atoms with Gasteiger partial charge in [-0.1, -0.05) is 42.3 Å². The Labute approximate surface area is 157 Å². The topological polar surface area (TPSA) is 49.2 Å². The molecule has 2 aromatic rings. The zero-order chi connectivity index (χ0) is 17.9. The molecule has 0 radical (unpaired) electrons. The Bertz CT molecular complexity index is 772. The van der Waals surface area contributed by atoms with Crippen LogP contribution in [0.2, 0.25) is 10.0 Å². The molecule has 1 aromatic carbocycles. The Kier molecular flexibility index (Phi) is 5.61. The Morgan fingerprint density at radius 1 is 1.28 bits per heavy atom. The van der Waals surface area contributed by atoms with Crippen LogP contribution >= 0.6 is 23.2 Å². The average Bonchev–Trinajstić information content (AvgIpc) is 2.64. The molecule has 130 valence electrons. The zero-order valence-corrected chi connectivity index (χ0v) is 15.5. The first-order chi connectivity index (χ1) is 12.1. The van der Waals surface area contributed by atoms with Gasteiger partial charge >= 0.3 is 0 Å². The molecule has 6 heteroatoms. The van der Waals surface area contributed by atoms with Gasteiger partial charge in [-0.25, -0.2) is 0 Å². The number of aromatic nitrogens is 1. The summed E-state index contributed by atoms with van der Waals surface area (Å²) in [4.78, 5) is 6.41. The van der Waals surface area contributed by atoms with E-state index in [-0.39, 0.29) is 5.92 Å². The lowest BCUT2D eigenvalue weighted by molar-refractivity contribution is -0.0126. The number of benzene rings is 1. The molecule has 1 fully saturated rings. The molecule has 2 heterocycles. The van der Waals surface area contributed by atoms with Gasteiger partial charge in [-0.2, -0.15) is 5.26 Å². The van der Waals surface area contributed by atoms with E-state index in [0.29, 0.717) is 36.3 Å². The number of nitriles is 1. The molecule has 2 atom stereocenters. The first-order valence-corrected chi connectivity index (χ1v) is 8.94. The van der Waals surface area contributed by atoms with Gasteiger partial charge < -0.3 is 4.74 Å². The van der Waals surface area contributed by atoms with Crippen molar-refractivity contribution in [2.45, 2.75) is 18.4 Å². The van der Waals surface area contributed by atoms with Crippen LogP contribution in [0.3, 0.4) is 0 Å². The molecule has 0 aliphatic carbocycles. The molecule has 3 rings (SSSR count). The predicted octanol–water partition coefficient (Wildman–Crippen LogP) is 4.24. The van der Waals surface area contributed by atoms with Crippen molar-refractivity contribution in [1.29, 1.82) is 5.26 Å². The SMILES string of the molecule is CC(c1ccc(Cl)cc1Cl)C(C#N)(c1cccnc1)N1CCOCC1. The van der Waals surface area contributed by atoms with E-state index in [9.17, 15) is 5.26 Å². The van der Waals surface area contributed by atoms with Crippen molar-refractivity contribution in [3.05, 3.63) is 63.9 Å². The number of morpholine rings is 1. The highest BCUT2D eigenvalue weighted by molar-refractivity contribution is 6.35. The van der Waals surface area contributed by atoms with Gasteiger partial charge in [0, 0.05) is 47.0 Å². The summed E-state index contributed by atoms with van der Waals surface area (Å²) in [6.07, 6.45) is 3.48. The van der Waals surface area contributed by atoms with Crippen LogP contribution in [-0.2, 0) is 10.3 Å². The van der Waals surface area contributed by atoms with Crippen molar-refractivity contribution in [2.24, 2.45) is 0 Å². The van der Waals surface area contributed by atoms with Crippen LogP contribution in [-0.4, -0.2) is 36.2 Å². The second kappa shape index (κ2) is 7.72. The molecule has 1 aromatic heterocycles. The minimum absolute atomic E-state index is 0.176. The largest absolute Gasteiger partial charge is 0.379 e. The van der Waals surface area contributed by atoms with Gasteiger partial charge in [0.2, 0.25) is 0 Å². The fourth-order valence-corrected chi connectivity index (χ4v) is 4.09. The lowest BCUT2D eigenvalue weighted by Crippen LogP contribution is -2.53. The molecular formula is C19H19Cl2N3O. The van der Waals surface area contributed by atoms with Gasteiger partial charge in [0.05, 0.1) is 19.3 Å². The van der Waals surface area contributed by atoms with E-state index in [1.165, 1.54) is 0 Å². The normalized spacial score (nSPS) is 19.0. The van der Waals surface area contributed by atoms with Gasteiger partial charge in [0.25, 0.3) is 0 Å². The number of pyridine rings is 1. The highest BCUT2D eigenvalue weighted by Crippen LogP contribution is 2.44. The first kappa shape index (κ1) is 18.2. The van der Waals surface area contributed by atoms with E-state index < -0.39 is 5.54 Å². The quantitative estimate of drug-likeness (QED) is 0.801. The average molecular weight is 376 g/mol. The summed E-state index contributed by atoms with van der Waals surface area (Å²) in [5, 5.41) is 11.5. The Morgan fingerprint density at radius 3 is 2.64 bits per heavy atom. The summed E-state index contributed by atoms with van der Waals surface area (Å²) < 4.78 is 5.49. The molecule has 0 saturated carbocycles. The highest BCUT2D eigenvalue weighted by Gasteiger charge is 2.46. The third-order valence-corrected chi connectivity index (χ3v) is 5.40. The molecule has 0 spiro atoms. The van der Waals surface area contributed by atoms with Crippen LogP contribution in [0.25, 0.3) is 0 Å². The number of hydrogen-bond acceptors (Lipinski definition) is 4. The molecular weight excluding hydrogens is 357 g/mol. The van der Waals surface area contributed by atoms with Gasteiger partial charge in [-0.3, -0.25) is 9.88 Å². The van der Waals surface area contributed by atoms with E-state index in [4.69, 9.17) is 27.9 Å². The summed E-state index contributed by atoms with van der Waals surface area (Å²) in [5.74, 6) is -0.176. The van der Waals surface area contributed by atoms with Gasteiger partial charge in [-0.15, -0.1) is 0 Å². The van der Waals surface area contributed by atoms with E-state index in [0.717, 1.165) is 11.1 Å². The smallest absolute Gasteiger partial charge is 0.143 e. The predicted molar refractivity (Wildman–Crippen MR) is 98.8 cm³/mol. The third kappa shape index (κ3) is 3.38. The first-order valence-electron chi connectivity index (χ1n) is 8.19. The van der Waals surface area contributed by atoms with Crippen LogP contribution in [0.1, 0.15) is 24.0 Å². The lowest BCUT2D eigenvalue weighted by Gasteiger charge is -2.45. The Balaban J connectivity index is 2.14. The minimum Gasteiger partial charge on any atom is -0.379 e. The molecule has 0 bridgehead atoms. The zero-order valence-electron chi connectivity index (χ0n) is 14.0. The number of ether oxygens (including phenoxy) is 1. The van der Waals surface area contributed by atoms with Crippen LogP contribution < -0.4 is 0 Å². The van der Waals surface area contributed by atoms with Crippen molar-refractivity contribution in [1.82, 2.24) is 9.88 Å². The van der Waals surface area contributed by atoms with Crippen molar-refractivity contribution in [3.8, 4) is 6.07 Å². The Morgan fingerprint density at radius 2 is 2.04 bits per heavy atom. The summed E-state index contributed by atoms with van der Waals surface area (Å²) in [6.45, 7) is 4.59.